The lowest BCUT2D eigenvalue weighted by atomic mass is 9.98. The fourth-order valence-electron chi connectivity index (χ4n) is 2.37. The molecule has 1 aromatic heterocycles. The van der Waals surface area contributed by atoms with Crippen LogP contribution in [-0.4, -0.2) is 16.6 Å². The molecule has 0 saturated heterocycles. The molecule has 1 atom stereocenters. The van der Waals surface area contributed by atoms with E-state index < -0.39 is 0 Å². The zero-order chi connectivity index (χ0) is 13.8. The predicted octanol–water partition coefficient (Wildman–Crippen LogP) is 3.48. The summed E-state index contributed by atoms with van der Waals surface area (Å²) in [5.74, 6) is 1.13. The predicted molar refractivity (Wildman–Crippen MR) is 82.3 cm³/mol. The van der Waals surface area contributed by atoms with Crippen LogP contribution in [0, 0.1) is 6.92 Å². The van der Waals surface area contributed by atoms with Crippen LogP contribution in [0.2, 0.25) is 0 Å². The highest BCUT2D eigenvalue weighted by molar-refractivity contribution is 9.10. The third-order valence-corrected chi connectivity index (χ3v) is 4.42. The van der Waals surface area contributed by atoms with E-state index in [9.17, 15) is 0 Å². The Hall–Kier alpha value is -1.13. The van der Waals surface area contributed by atoms with Crippen LogP contribution >= 0.6 is 15.9 Å². The Morgan fingerprint density at radius 1 is 1.42 bits per heavy atom. The van der Waals surface area contributed by atoms with Gasteiger partial charge in [0.2, 0.25) is 0 Å². The summed E-state index contributed by atoms with van der Waals surface area (Å²) in [6.45, 7) is 5.25. The van der Waals surface area contributed by atoms with Crippen LogP contribution in [0.15, 0.2) is 35.1 Å². The molecular formula is C15H20BrN3. The van der Waals surface area contributed by atoms with Crippen molar-refractivity contribution >= 4 is 15.9 Å². The molecule has 0 amide bonds. The largest absolute Gasteiger partial charge is 0.335 e. The van der Waals surface area contributed by atoms with Crippen LogP contribution < -0.4 is 5.32 Å². The van der Waals surface area contributed by atoms with Crippen molar-refractivity contribution in [2.24, 2.45) is 0 Å². The van der Waals surface area contributed by atoms with E-state index in [2.05, 4.69) is 62.8 Å². The lowest BCUT2D eigenvalue weighted by Crippen LogP contribution is -2.21. The average Bonchev–Trinajstić information content (AvgIpc) is 2.87. The first-order chi connectivity index (χ1) is 9.17. The van der Waals surface area contributed by atoms with Crippen LogP contribution in [-0.2, 0) is 13.0 Å². The second kappa shape index (κ2) is 6.35. The lowest BCUT2D eigenvalue weighted by molar-refractivity contribution is 0.550. The maximum absolute atomic E-state index is 4.46. The number of nitrogens with one attached hydrogen (secondary N) is 1. The summed E-state index contributed by atoms with van der Waals surface area (Å²) in [5, 5.41) is 3.40. The van der Waals surface area contributed by atoms with Gasteiger partial charge in [0.1, 0.15) is 5.82 Å². The minimum Gasteiger partial charge on any atom is -0.335 e. The highest BCUT2D eigenvalue weighted by Gasteiger charge is 2.16. The number of likely N-dealkylation sites (N-methyl/N-ethyl adjacent to an activating group) is 1. The van der Waals surface area contributed by atoms with Gasteiger partial charge in [0.25, 0.3) is 0 Å². The third kappa shape index (κ3) is 3.07. The van der Waals surface area contributed by atoms with Gasteiger partial charge < -0.3 is 9.88 Å². The molecule has 1 N–H and O–H groups in total. The van der Waals surface area contributed by atoms with Crippen molar-refractivity contribution in [3.05, 3.63) is 52.0 Å². The van der Waals surface area contributed by atoms with E-state index in [-0.39, 0.29) is 6.04 Å². The number of aromatic nitrogens is 2. The van der Waals surface area contributed by atoms with Gasteiger partial charge in [-0.1, -0.05) is 28.1 Å². The van der Waals surface area contributed by atoms with Gasteiger partial charge in [0, 0.05) is 35.9 Å². The smallest absolute Gasteiger partial charge is 0.110 e. The zero-order valence-electron chi connectivity index (χ0n) is 11.7. The van der Waals surface area contributed by atoms with Crippen LogP contribution in [0.25, 0.3) is 0 Å². The van der Waals surface area contributed by atoms with E-state index in [1.807, 2.05) is 19.4 Å². The van der Waals surface area contributed by atoms with Crippen molar-refractivity contribution < 1.29 is 0 Å². The number of imidazole rings is 1. The monoisotopic (exact) mass is 321 g/mol. The maximum Gasteiger partial charge on any atom is 0.110 e. The van der Waals surface area contributed by atoms with Gasteiger partial charge in [-0.2, -0.15) is 0 Å². The van der Waals surface area contributed by atoms with E-state index in [1.54, 1.807) is 0 Å². The van der Waals surface area contributed by atoms with Crippen molar-refractivity contribution in [2.75, 3.05) is 7.05 Å². The Balaban J connectivity index is 2.28. The first-order valence-electron chi connectivity index (χ1n) is 6.59. The number of aryl methyl sites for hydroxylation is 1. The van der Waals surface area contributed by atoms with E-state index in [0.29, 0.717) is 0 Å². The number of benzene rings is 1. The maximum atomic E-state index is 4.46. The molecule has 4 heteroatoms. The van der Waals surface area contributed by atoms with Crippen molar-refractivity contribution in [1.82, 2.24) is 14.9 Å². The summed E-state index contributed by atoms with van der Waals surface area (Å²) in [4.78, 5) is 4.46. The van der Waals surface area contributed by atoms with Crippen LogP contribution in [0.5, 0.6) is 0 Å². The Kier molecular flexibility index (Phi) is 4.77. The van der Waals surface area contributed by atoms with Gasteiger partial charge in [-0.3, -0.25) is 0 Å². The SMILES string of the molecule is CCn1ccnc1CC(NC)c1cccc(Br)c1C. The molecule has 0 aliphatic rings. The highest BCUT2D eigenvalue weighted by Crippen LogP contribution is 2.26. The van der Waals surface area contributed by atoms with Crippen LogP contribution in [0.3, 0.4) is 0 Å². The Morgan fingerprint density at radius 2 is 2.21 bits per heavy atom. The number of rotatable bonds is 5. The van der Waals surface area contributed by atoms with Crippen LogP contribution in [0.1, 0.15) is 29.9 Å². The Bertz CT molecular complexity index is 548. The highest BCUT2D eigenvalue weighted by atomic mass is 79.9. The fourth-order valence-corrected chi connectivity index (χ4v) is 2.75. The molecule has 0 aliphatic heterocycles. The summed E-state index contributed by atoms with van der Waals surface area (Å²) in [6.07, 6.45) is 4.81. The molecule has 2 aromatic rings. The molecule has 102 valence electrons. The van der Waals surface area contributed by atoms with E-state index in [1.165, 1.54) is 11.1 Å². The van der Waals surface area contributed by atoms with E-state index >= 15 is 0 Å². The third-order valence-electron chi connectivity index (χ3n) is 3.56. The van der Waals surface area contributed by atoms with Crippen LogP contribution in [0.4, 0.5) is 0 Å². The van der Waals surface area contributed by atoms with Gasteiger partial charge >= 0.3 is 0 Å². The van der Waals surface area contributed by atoms with Gasteiger partial charge in [-0.15, -0.1) is 0 Å². The number of hydrogen-bond donors (Lipinski definition) is 1. The Morgan fingerprint density at radius 3 is 2.89 bits per heavy atom. The zero-order valence-corrected chi connectivity index (χ0v) is 13.2. The molecule has 0 bridgehead atoms. The average molecular weight is 322 g/mol. The molecule has 0 spiro atoms. The molecule has 3 nitrogen and oxygen atoms in total. The van der Waals surface area contributed by atoms with Crippen molar-refractivity contribution in [1.29, 1.82) is 0 Å². The molecule has 0 aliphatic carbocycles. The number of hydrogen-bond acceptors (Lipinski definition) is 2. The molecule has 1 heterocycles. The van der Waals surface area contributed by atoms with Gasteiger partial charge in [-0.25, -0.2) is 4.98 Å². The first kappa shape index (κ1) is 14.3. The molecule has 1 unspecified atom stereocenters. The summed E-state index contributed by atoms with van der Waals surface area (Å²) in [5.41, 5.74) is 2.61. The minimum absolute atomic E-state index is 0.283. The fraction of sp³-hybridized carbons (Fsp3) is 0.400. The van der Waals surface area contributed by atoms with Crippen molar-refractivity contribution in [3.8, 4) is 0 Å². The van der Waals surface area contributed by atoms with Gasteiger partial charge in [-0.05, 0) is 38.1 Å². The van der Waals surface area contributed by atoms with E-state index in [4.69, 9.17) is 0 Å². The van der Waals surface area contributed by atoms with Crippen molar-refractivity contribution in [3.63, 3.8) is 0 Å². The summed E-state index contributed by atoms with van der Waals surface area (Å²) in [7, 11) is 2.00. The second-order valence-electron chi connectivity index (χ2n) is 4.63. The summed E-state index contributed by atoms with van der Waals surface area (Å²) >= 11 is 3.60. The number of nitrogens with zero attached hydrogens (tertiary/aromatic N) is 2. The minimum atomic E-state index is 0.283. The molecule has 19 heavy (non-hydrogen) atoms. The quantitative estimate of drug-likeness (QED) is 0.913. The molecule has 0 radical (unpaired) electrons. The van der Waals surface area contributed by atoms with Crippen molar-refractivity contribution in [2.45, 2.75) is 32.9 Å². The summed E-state index contributed by atoms with van der Waals surface area (Å²) in [6, 6.07) is 6.63. The molecule has 0 saturated carbocycles. The normalized spacial score (nSPS) is 12.6. The second-order valence-corrected chi connectivity index (χ2v) is 5.48. The summed E-state index contributed by atoms with van der Waals surface area (Å²) < 4.78 is 3.35. The Labute approximate surface area is 123 Å². The first-order valence-corrected chi connectivity index (χ1v) is 7.39. The number of halogens is 1. The van der Waals surface area contributed by atoms with Gasteiger partial charge in [0.15, 0.2) is 0 Å². The molecule has 0 fully saturated rings. The topological polar surface area (TPSA) is 29.9 Å². The lowest BCUT2D eigenvalue weighted by Gasteiger charge is -2.19. The molecule has 2 rings (SSSR count). The molecule has 1 aromatic carbocycles. The van der Waals surface area contributed by atoms with E-state index in [0.717, 1.165) is 23.3 Å². The molecular weight excluding hydrogens is 302 g/mol. The standard InChI is InChI=1S/C15H20BrN3/c1-4-19-9-8-18-15(19)10-14(17-3)12-6-5-7-13(16)11(12)2/h5-9,14,17H,4,10H2,1-3H3. The van der Waals surface area contributed by atoms with Gasteiger partial charge in [0.05, 0.1) is 0 Å².